The summed E-state index contributed by atoms with van der Waals surface area (Å²) in [5.74, 6) is 0.259. The molecule has 0 radical (unpaired) electrons. The second-order valence-electron chi connectivity index (χ2n) is 4.50. The first kappa shape index (κ1) is 15.7. The van der Waals surface area contributed by atoms with Crippen molar-refractivity contribution in [3.05, 3.63) is 39.0 Å². The van der Waals surface area contributed by atoms with E-state index in [1.807, 2.05) is 19.9 Å². The number of hydrogen-bond acceptors (Lipinski definition) is 4. The molecule has 2 N–H and O–H groups in total. The van der Waals surface area contributed by atoms with E-state index < -0.39 is 0 Å². The SMILES string of the molecule is CC(C)c1cc(Sc2c(Cl)cc(N)cc2Cl)nnc1Cl. The van der Waals surface area contributed by atoms with Gasteiger partial charge in [0.2, 0.25) is 0 Å². The molecule has 0 aliphatic carbocycles. The fourth-order valence-corrected chi connectivity index (χ4v) is 3.44. The Bertz CT molecular complexity index is 624. The highest BCUT2D eigenvalue weighted by Crippen LogP contribution is 2.40. The second kappa shape index (κ2) is 6.39. The normalized spacial score (nSPS) is 11.1. The van der Waals surface area contributed by atoms with Gasteiger partial charge in [-0.25, -0.2) is 0 Å². The number of nitrogens with two attached hydrogens (primary N) is 1. The van der Waals surface area contributed by atoms with Gasteiger partial charge in [-0.2, -0.15) is 0 Å². The molecular formula is C13H12Cl3N3S. The van der Waals surface area contributed by atoms with E-state index in [4.69, 9.17) is 40.5 Å². The minimum atomic E-state index is 0.259. The van der Waals surface area contributed by atoms with Crippen molar-refractivity contribution in [2.75, 3.05) is 5.73 Å². The molecule has 1 aromatic carbocycles. The Hall–Kier alpha value is -0.680. The monoisotopic (exact) mass is 347 g/mol. The number of anilines is 1. The van der Waals surface area contributed by atoms with Crippen LogP contribution < -0.4 is 5.73 Å². The van der Waals surface area contributed by atoms with Crippen LogP contribution in [0.5, 0.6) is 0 Å². The lowest BCUT2D eigenvalue weighted by Crippen LogP contribution is -1.96. The molecule has 106 valence electrons. The molecule has 0 unspecified atom stereocenters. The van der Waals surface area contributed by atoms with Crippen LogP contribution in [0.25, 0.3) is 0 Å². The van der Waals surface area contributed by atoms with E-state index in [-0.39, 0.29) is 5.92 Å². The summed E-state index contributed by atoms with van der Waals surface area (Å²) < 4.78 is 0. The van der Waals surface area contributed by atoms with Crippen LogP contribution in [-0.4, -0.2) is 10.2 Å². The number of benzene rings is 1. The topological polar surface area (TPSA) is 51.8 Å². The van der Waals surface area contributed by atoms with Crippen LogP contribution in [0.15, 0.2) is 28.1 Å². The van der Waals surface area contributed by atoms with Gasteiger partial charge >= 0.3 is 0 Å². The summed E-state index contributed by atoms with van der Waals surface area (Å²) >= 11 is 19.7. The number of halogens is 3. The average molecular weight is 349 g/mol. The first-order valence-electron chi connectivity index (χ1n) is 5.84. The zero-order chi connectivity index (χ0) is 14.9. The zero-order valence-electron chi connectivity index (χ0n) is 10.8. The summed E-state index contributed by atoms with van der Waals surface area (Å²) in [6.07, 6.45) is 0. The van der Waals surface area contributed by atoms with Crippen LogP contribution in [0.4, 0.5) is 5.69 Å². The predicted molar refractivity (Wildman–Crippen MR) is 86.1 cm³/mol. The minimum Gasteiger partial charge on any atom is -0.399 e. The molecule has 2 aromatic rings. The van der Waals surface area contributed by atoms with Crippen molar-refractivity contribution in [1.29, 1.82) is 0 Å². The van der Waals surface area contributed by atoms with Crippen LogP contribution >= 0.6 is 46.6 Å². The third-order valence-electron chi connectivity index (χ3n) is 2.60. The van der Waals surface area contributed by atoms with Gasteiger partial charge in [-0.1, -0.05) is 60.4 Å². The van der Waals surface area contributed by atoms with Gasteiger partial charge < -0.3 is 5.73 Å². The fraction of sp³-hybridized carbons (Fsp3) is 0.231. The van der Waals surface area contributed by atoms with Gasteiger partial charge in [0.25, 0.3) is 0 Å². The van der Waals surface area contributed by atoms with E-state index in [1.165, 1.54) is 11.8 Å². The van der Waals surface area contributed by atoms with Gasteiger partial charge in [-0.3, -0.25) is 0 Å². The molecule has 7 heteroatoms. The van der Waals surface area contributed by atoms with Crippen molar-refractivity contribution in [2.24, 2.45) is 0 Å². The highest BCUT2D eigenvalue weighted by molar-refractivity contribution is 7.99. The summed E-state index contributed by atoms with van der Waals surface area (Å²) in [5.41, 5.74) is 7.14. The maximum atomic E-state index is 6.16. The highest BCUT2D eigenvalue weighted by Gasteiger charge is 2.13. The standard InChI is InChI=1S/C13H12Cl3N3S/c1-6(2)8-5-11(18-19-13(8)16)20-12-9(14)3-7(17)4-10(12)15/h3-6H,17H2,1-2H3. The van der Waals surface area contributed by atoms with Crippen LogP contribution in [0.2, 0.25) is 15.2 Å². The lowest BCUT2D eigenvalue weighted by Gasteiger charge is -2.10. The fourth-order valence-electron chi connectivity index (χ4n) is 1.61. The van der Waals surface area contributed by atoms with Crippen molar-refractivity contribution in [2.45, 2.75) is 29.7 Å². The number of hydrogen-bond donors (Lipinski definition) is 1. The van der Waals surface area contributed by atoms with Crippen LogP contribution in [0, 0.1) is 0 Å². The van der Waals surface area contributed by atoms with E-state index >= 15 is 0 Å². The van der Waals surface area contributed by atoms with E-state index in [0.29, 0.717) is 30.8 Å². The first-order valence-corrected chi connectivity index (χ1v) is 7.79. The second-order valence-corrected chi connectivity index (χ2v) is 6.70. The Morgan fingerprint density at radius 1 is 1.05 bits per heavy atom. The quantitative estimate of drug-likeness (QED) is 0.765. The van der Waals surface area contributed by atoms with Crippen molar-refractivity contribution in [1.82, 2.24) is 10.2 Å². The molecule has 0 atom stereocenters. The summed E-state index contributed by atoms with van der Waals surface area (Å²) in [6, 6.07) is 5.21. The Balaban J connectivity index is 2.38. The summed E-state index contributed by atoms with van der Waals surface area (Å²) in [7, 11) is 0. The summed E-state index contributed by atoms with van der Waals surface area (Å²) in [5, 5.41) is 10.1. The third kappa shape index (κ3) is 3.50. The molecule has 0 bridgehead atoms. The lowest BCUT2D eigenvalue weighted by molar-refractivity contribution is 0.815. The van der Waals surface area contributed by atoms with E-state index in [1.54, 1.807) is 12.1 Å². The highest BCUT2D eigenvalue weighted by atomic mass is 35.5. The molecular weight excluding hydrogens is 337 g/mol. The number of aromatic nitrogens is 2. The van der Waals surface area contributed by atoms with E-state index in [9.17, 15) is 0 Å². The van der Waals surface area contributed by atoms with E-state index in [0.717, 1.165) is 5.56 Å². The van der Waals surface area contributed by atoms with Gasteiger partial charge in [0.05, 0.1) is 14.9 Å². The molecule has 0 fully saturated rings. The number of nitrogen functional groups attached to an aromatic ring is 1. The Labute approximate surface area is 136 Å². The molecule has 0 aliphatic heterocycles. The number of rotatable bonds is 3. The zero-order valence-corrected chi connectivity index (χ0v) is 13.9. The summed E-state index contributed by atoms with van der Waals surface area (Å²) in [6.45, 7) is 4.08. The molecule has 1 aromatic heterocycles. The Morgan fingerprint density at radius 2 is 1.65 bits per heavy atom. The third-order valence-corrected chi connectivity index (χ3v) is 4.77. The first-order chi connectivity index (χ1) is 9.38. The van der Waals surface area contributed by atoms with Gasteiger partial charge in [0.15, 0.2) is 5.15 Å². The van der Waals surface area contributed by atoms with Crippen LogP contribution in [0.3, 0.4) is 0 Å². The van der Waals surface area contributed by atoms with Crippen molar-refractivity contribution in [3.8, 4) is 0 Å². The van der Waals surface area contributed by atoms with Crippen molar-refractivity contribution in [3.63, 3.8) is 0 Å². The summed E-state index contributed by atoms with van der Waals surface area (Å²) in [4.78, 5) is 0.703. The number of nitrogens with zero attached hydrogens (tertiary/aromatic N) is 2. The molecule has 2 rings (SSSR count). The van der Waals surface area contributed by atoms with Gasteiger partial charge in [0, 0.05) is 5.69 Å². The molecule has 3 nitrogen and oxygen atoms in total. The molecule has 0 spiro atoms. The molecule has 0 saturated heterocycles. The van der Waals surface area contributed by atoms with Crippen molar-refractivity contribution >= 4 is 52.3 Å². The minimum absolute atomic E-state index is 0.259. The van der Waals surface area contributed by atoms with Crippen LogP contribution in [0.1, 0.15) is 25.3 Å². The maximum absolute atomic E-state index is 6.16. The van der Waals surface area contributed by atoms with E-state index in [2.05, 4.69) is 10.2 Å². The van der Waals surface area contributed by atoms with Crippen molar-refractivity contribution < 1.29 is 0 Å². The predicted octanol–water partition coefficient (Wildman–Crippen LogP) is 5.29. The average Bonchev–Trinajstić information content (AvgIpc) is 2.35. The molecule has 0 saturated carbocycles. The molecule has 0 amide bonds. The molecule has 1 heterocycles. The van der Waals surface area contributed by atoms with Gasteiger partial charge in [0.1, 0.15) is 5.03 Å². The smallest absolute Gasteiger partial charge is 0.155 e. The molecule has 20 heavy (non-hydrogen) atoms. The lowest BCUT2D eigenvalue weighted by atomic mass is 10.1. The largest absolute Gasteiger partial charge is 0.399 e. The van der Waals surface area contributed by atoms with Gasteiger partial charge in [-0.05, 0) is 29.7 Å². The Kier molecular flexibility index (Phi) is 5.02. The maximum Gasteiger partial charge on any atom is 0.155 e. The van der Waals surface area contributed by atoms with Crippen LogP contribution in [-0.2, 0) is 0 Å². The van der Waals surface area contributed by atoms with Gasteiger partial charge in [-0.15, -0.1) is 10.2 Å². The Morgan fingerprint density at radius 3 is 2.20 bits per heavy atom. The molecule has 0 aliphatic rings.